The quantitative estimate of drug-likeness (QED) is 0.261. The van der Waals surface area contributed by atoms with E-state index in [1.807, 2.05) is 0 Å². The number of H-pyrrole nitrogens is 1. The van der Waals surface area contributed by atoms with Gasteiger partial charge in [-0.3, -0.25) is 19.5 Å². The molecule has 35 heavy (non-hydrogen) atoms. The molecule has 5 aromatic rings. The van der Waals surface area contributed by atoms with Crippen molar-refractivity contribution in [1.29, 1.82) is 0 Å². The molecule has 0 aliphatic rings. The summed E-state index contributed by atoms with van der Waals surface area (Å²) in [5.74, 6) is -0.723. The first-order valence-electron chi connectivity index (χ1n) is 10.7. The van der Waals surface area contributed by atoms with Gasteiger partial charge in [-0.2, -0.15) is 0 Å². The number of nitro benzene ring substituents is 1. The van der Waals surface area contributed by atoms with Crippen LogP contribution < -0.4 is 11.1 Å². The minimum atomic E-state index is -0.639. The fourth-order valence-electron chi connectivity index (χ4n) is 3.86. The van der Waals surface area contributed by atoms with Crippen LogP contribution in [0.3, 0.4) is 0 Å². The summed E-state index contributed by atoms with van der Waals surface area (Å²) in [6.45, 7) is 0.216. The third-order valence-electron chi connectivity index (χ3n) is 5.51. The number of halogens is 1. The zero-order chi connectivity index (χ0) is 24.5. The minimum Gasteiger partial charge on any atom is -0.407 e. The van der Waals surface area contributed by atoms with E-state index in [0.29, 0.717) is 40.0 Å². The fraction of sp³-hybridized carbons (Fsp3) is 0.125. The average Bonchev–Trinajstić information content (AvgIpc) is 3.39. The van der Waals surface area contributed by atoms with E-state index >= 15 is 0 Å². The predicted octanol–water partition coefficient (Wildman–Crippen LogP) is 4.60. The molecular weight excluding hydrogens is 457 g/mol. The number of rotatable bonds is 7. The molecule has 11 heteroatoms. The van der Waals surface area contributed by atoms with Crippen LogP contribution >= 0.6 is 0 Å². The number of carbonyl (C=O) groups is 1. The Balaban J connectivity index is 1.23. The number of aromatic nitrogens is 3. The Kier molecular flexibility index (Phi) is 5.57. The van der Waals surface area contributed by atoms with Crippen LogP contribution in [0, 0.1) is 15.9 Å². The summed E-state index contributed by atoms with van der Waals surface area (Å²) in [7, 11) is 0. The number of amides is 1. The van der Waals surface area contributed by atoms with Crippen molar-refractivity contribution in [3.8, 4) is 11.4 Å². The van der Waals surface area contributed by atoms with Gasteiger partial charge in [-0.1, -0.05) is 12.1 Å². The first-order valence-corrected chi connectivity index (χ1v) is 10.7. The number of imidazole rings is 1. The Labute approximate surface area is 196 Å². The van der Waals surface area contributed by atoms with E-state index in [9.17, 15) is 24.1 Å². The van der Waals surface area contributed by atoms with Gasteiger partial charge in [0.15, 0.2) is 5.58 Å². The van der Waals surface area contributed by atoms with Crippen LogP contribution in [-0.4, -0.2) is 25.4 Å². The van der Waals surface area contributed by atoms with Crippen LogP contribution in [0.5, 0.6) is 0 Å². The lowest BCUT2D eigenvalue weighted by Crippen LogP contribution is -2.17. The molecule has 0 unspecified atom stereocenters. The second-order valence-electron chi connectivity index (χ2n) is 7.91. The molecule has 1 amide bonds. The van der Waals surface area contributed by atoms with Gasteiger partial charge in [0.1, 0.15) is 11.6 Å². The maximum Gasteiger partial charge on any atom is 0.419 e. The Bertz CT molecular complexity index is 1650. The number of hydrogen-bond acceptors (Lipinski definition) is 6. The summed E-state index contributed by atoms with van der Waals surface area (Å²) >= 11 is 0. The maximum atomic E-state index is 13.5. The van der Waals surface area contributed by atoms with Gasteiger partial charge in [0, 0.05) is 30.3 Å². The molecule has 0 radical (unpaired) electrons. The first-order chi connectivity index (χ1) is 16.9. The molecule has 10 nitrogen and oxygen atoms in total. The molecule has 0 spiro atoms. The van der Waals surface area contributed by atoms with E-state index in [0.717, 1.165) is 0 Å². The molecule has 5 rings (SSSR count). The van der Waals surface area contributed by atoms with Gasteiger partial charge in [-0.15, -0.1) is 0 Å². The fourth-order valence-corrected chi connectivity index (χ4v) is 3.86. The number of nitrogens with zero attached hydrogens (tertiary/aromatic N) is 3. The molecule has 0 saturated carbocycles. The predicted molar refractivity (Wildman–Crippen MR) is 126 cm³/mol. The largest absolute Gasteiger partial charge is 0.419 e. The molecule has 0 saturated heterocycles. The number of nitro groups is 1. The van der Waals surface area contributed by atoms with Crippen molar-refractivity contribution >= 4 is 39.4 Å². The van der Waals surface area contributed by atoms with Crippen LogP contribution in [0.1, 0.15) is 12.8 Å². The first kappa shape index (κ1) is 22.0. The van der Waals surface area contributed by atoms with Gasteiger partial charge < -0.3 is 14.7 Å². The van der Waals surface area contributed by atoms with Crippen LogP contribution in [-0.2, 0) is 11.3 Å². The Morgan fingerprint density at radius 1 is 1.17 bits per heavy atom. The van der Waals surface area contributed by atoms with E-state index in [1.165, 1.54) is 34.9 Å². The second kappa shape index (κ2) is 8.86. The number of aromatic amines is 1. The average molecular weight is 475 g/mol. The van der Waals surface area contributed by atoms with Gasteiger partial charge in [-0.05, 0) is 42.8 Å². The third kappa shape index (κ3) is 4.51. The highest BCUT2D eigenvalue weighted by Crippen LogP contribution is 2.24. The lowest BCUT2D eigenvalue weighted by molar-refractivity contribution is -0.384. The summed E-state index contributed by atoms with van der Waals surface area (Å²) in [4.78, 5) is 42.5. The SMILES string of the molecule is O=C(CCCn1c(=O)oc2cc([N+](=O)[O-])ccc21)Nc1ccc2nc(-c3cccc(F)c3)[nH]c2c1. The van der Waals surface area contributed by atoms with Crippen molar-refractivity contribution in [1.82, 2.24) is 14.5 Å². The molecule has 2 aromatic heterocycles. The van der Waals surface area contributed by atoms with Gasteiger partial charge >= 0.3 is 5.76 Å². The Hall–Kier alpha value is -4.80. The minimum absolute atomic E-state index is 0.124. The summed E-state index contributed by atoms with van der Waals surface area (Å²) in [6.07, 6.45) is 0.495. The standard InChI is InChI=1S/C24H18FN5O5/c25-15-4-1-3-14(11-15)23-27-18-8-6-16(12-19(18)28-23)26-22(31)5-2-10-29-20-9-7-17(30(33)34)13-21(20)35-24(29)32/h1,3-4,6-9,11-13H,2,5,10H2,(H,26,31)(H,27,28). The number of nitrogens with one attached hydrogen (secondary N) is 2. The van der Waals surface area contributed by atoms with Gasteiger partial charge in [-0.25, -0.2) is 14.2 Å². The van der Waals surface area contributed by atoms with Crippen molar-refractivity contribution in [2.75, 3.05) is 5.32 Å². The van der Waals surface area contributed by atoms with E-state index in [1.54, 1.807) is 30.3 Å². The molecule has 0 bridgehead atoms. The van der Waals surface area contributed by atoms with Crippen LogP contribution in [0.4, 0.5) is 15.8 Å². The van der Waals surface area contributed by atoms with E-state index in [-0.39, 0.29) is 36.0 Å². The number of anilines is 1. The molecule has 3 aromatic carbocycles. The van der Waals surface area contributed by atoms with E-state index in [2.05, 4.69) is 15.3 Å². The molecule has 0 aliphatic carbocycles. The van der Waals surface area contributed by atoms with Crippen molar-refractivity contribution in [2.45, 2.75) is 19.4 Å². The number of oxazole rings is 1. The summed E-state index contributed by atoms with van der Waals surface area (Å²) < 4.78 is 20.0. The summed E-state index contributed by atoms with van der Waals surface area (Å²) in [5.41, 5.74) is 2.92. The lowest BCUT2D eigenvalue weighted by atomic mass is 10.2. The zero-order valence-corrected chi connectivity index (χ0v) is 18.2. The highest BCUT2D eigenvalue weighted by atomic mass is 19.1. The normalized spacial score (nSPS) is 11.2. The molecule has 2 heterocycles. The van der Waals surface area contributed by atoms with Crippen LogP contribution in [0.15, 0.2) is 69.9 Å². The van der Waals surface area contributed by atoms with Crippen molar-refractivity contribution < 1.29 is 18.5 Å². The number of aryl methyl sites for hydroxylation is 1. The molecular formula is C24H18FN5O5. The molecule has 0 aliphatic heterocycles. The van der Waals surface area contributed by atoms with Crippen molar-refractivity contribution in [3.05, 3.63) is 87.1 Å². The zero-order valence-electron chi connectivity index (χ0n) is 18.2. The molecule has 2 N–H and O–H groups in total. The summed E-state index contributed by atoms with van der Waals surface area (Å²) in [6, 6.07) is 15.3. The van der Waals surface area contributed by atoms with Gasteiger partial charge in [0.2, 0.25) is 5.91 Å². The molecule has 0 atom stereocenters. The second-order valence-corrected chi connectivity index (χ2v) is 7.91. The highest BCUT2D eigenvalue weighted by molar-refractivity contribution is 5.93. The highest BCUT2D eigenvalue weighted by Gasteiger charge is 2.14. The Morgan fingerprint density at radius 2 is 2.03 bits per heavy atom. The lowest BCUT2D eigenvalue weighted by Gasteiger charge is -2.06. The molecule has 176 valence electrons. The van der Waals surface area contributed by atoms with Crippen LogP contribution in [0.25, 0.3) is 33.5 Å². The van der Waals surface area contributed by atoms with E-state index < -0.39 is 10.7 Å². The number of hydrogen-bond donors (Lipinski definition) is 2. The summed E-state index contributed by atoms with van der Waals surface area (Å²) in [5, 5.41) is 13.7. The number of carbonyl (C=O) groups excluding carboxylic acids is 1. The Morgan fingerprint density at radius 3 is 2.83 bits per heavy atom. The van der Waals surface area contributed by atoms with Gasteiger partial charge in [0.05, 0.1) is 27.5 Å². The smallest absolute Gasteiger partial charge is 0.407 e. The number of non-ortho nitro benzene ring substituents is 1. The third-order valence-corrected chi connectivity index (χ3v) is 5.51. The van der Waals surface area contributed by atoms with Gasteiger partial charge in [0.25, 0.3) is 5.69 Å². The van der Waals surface area contributed by atoms with Crippen molar-refractivity contribution in [3.63, 3.8) is 0 Å². The monoisotopic (exact) mass is 475 g/mol. The maximum absolute atomic E-state index is 13.5. The van der Waals surface area contributed by atoms with Crippen molar-refractivity contribution in [2.24, 2.45) is 0 Å². The van der Waals surface area contributed by atoms with E-state index in [4.69, 9.17) is 4.42 Å². The topological polar surface area (TPSA) is 136 Å². The van der Waals surface area contributed by atoms with Crippen LogP contribution in [0.2, 0.25) is 0 Å². The molecule has 0 fully saturated rings. The number of fused-ring (bicyclic) bond motifs is 2. The number of benzene rings is 3.